The van der Waals surface area contributed by atoms with Crippen LogP contribution in [0.2, 0.25) is 10.0 Å². The van der Waals surface area contributed by atoms with Gasteiger partial charge in [-0.2, -0.15) is 0 Å². The molecule has 0 saturated carbocycles. The van der Waals surface area contributed by atoms with E-state index in [9.17, 15) is 4.79 Å². The molecule has 0 spiro atoms. The SMILES string of the molecule is O=C(Nc1ccc(I)cc1)C1CCCN(Cc2ccc(Cl)c(Cl)c2)C1. The molecule has 0 aromatic heterocycles. The van der Waals surface area contributed by atoms with Crippen LogP contribution < -0.4 is 5.32 Å². The third-order valence-electron chi connectivity index (χ3n) is 4.38. The van der Waals surface area contributed by atoms with E-state index in [1.807, 2.05) is 42.5 Å². The molecule has 1 fully saturated rings. The highest BCUT2D eigenvalue weighted by Crippen LogP contribution is 2.25. The van der Waals surface area contributed by atoms with Crippen LogP contribution in [-0.4, -0.2) is 23.9 Å². The monoisotopic (exact) mass is 488 g/mol. The van der Waals surface area contributed by atoms with Gasteiger partial charge in [-0.25, -0.2) is 0 Å². The average Bonchev–Trinajstić information content (AvgIpc) is 2.60. The molecule has 1 amide bonds. The minimum Gasteiger partial charge on any atom is -0.326 e. The zero-order valence-corrected chi connectivity index (χ0v) is 17.3. The highest BCUT2D eigenvalue weighted by molar-refractivity contribution is 14.1. The Morgan fingerprint density at radius 2 is 1.92 bits per heavy atom. The summed E-state index contributed by atoms with van der Waals surface area (Å²) in [5.41, 5.74) is 1.97. The summed E-state index contributed by atoms with van der Waals surface area (Å²) in [6.07, 6.45) is 1.94. The predicted octanol–water partition coefficient (Wildman–Crippen LogP) is 5.45. The molecule has 2 aromatic rings. The van der Waals surface area contributed by atoms with Crippen LogP contribution in [-0.2, 0) is 11.3 Å². The molecule has 1 aliphatic rings. The van der Waals surface area contributed by atoms with E-state index in [2.05, 4.69) is 32.8 Å². The van der Waals surface area contributed by atoms with Crippen molar-refractivity contribution in [2.45, 2.75) is 19.4 Å². The Kier molecular flexibility index (Phi) is 6.61. The van der Waals surface area contributed by atoms with E-state index in [0.29, 0.717) is 10.0 Å². The minimum atomic E-state index is 0.0100. The fourth-order valence-electron chi connectivity index (χ4n) is 3.09. The van der Waals surface area contributed by atoms with E-state index in [1.165, 1.54) is 0 Å². The first kappa shape index (κ1) is 19.0. The van der Waals surface area contributed by atoms with Gasteiger partial charge in [-0.05, 0) is 83.9 Å². The van der Waals surface area contributed by atoms with Crippen LogP contribution in [0.25, 0.3) is 0 Å². The Labute approximate surface area is 171 Å². The number of hydrogen-bond donors (Lipinski definition) is 1. The largest absolute Gasteiger partial charge is 0.326 e. The van der Waals surface area contributed by atoms with E-state index in [1.54, 1.807) is 0 Å². The molecule has 2 aromatic carbocycles. The van der Waals surface area contributed by atoms with E-state index in [0.717, 1.165) is 47.3 Å². The number of hydrogen-bond acceptors (Lipinski definition) is 2. The fraction of sp³-hybridized carbons (Fsp3) is 0.316. The van der Waals surface area contributed by atoms with Gasteiger partial charge in [0.2, 0.25) is 5.91 Å². The highest BCUT2D eigenvalue weighted by atomic mass is 127. The molecule has 25 heavy (non-hydrogen) atoms. The molecule has 6 heteroatoms. The van der Waals surface area contributed by atoms with E-state index in [4.69, 9.17) is 23.2 Å². The van der Waals surface area contributed by atoms with Crippen molar-refractivity contribution in [3.05, 3.63) is 61.6 Å². The summed E-state index contributed by atoms with van der Waals surface area (Å²) in [5.74, 6) is 0.107. The number of anilines is 1. The van der Waals surface area contributed by atoms with Crippen LogP contribution in [0.3, 0.4) is 0 Å². The Morgan fingerprint density at radius 1 is 1.16 bits per heavy atom. The summed E-state index contributed by atoms with van der Waals surface area (Å²) < 4.78 is 1.15. The standard InChI is InChI=1S/C19H19Cl2IN2O/c20-17-8-3-13(10-18(17)21)11-24-9-1-2-14(12-24)19(25)23-16-6-4-15(22)5-7-16/h3-8,10,14H,1-2,9,11-12H2,(H,23,25). The molecule has 1 unspecified atom stereocenters. The molecule has 3 nitrogen and oxygen atoms in total. The Morgan fingerprint density at radius 3 is 2.64 bits per heavy atom. The lowest BCUT2D eigenvalue weighted by molar-refractivity contribution is -0.121. The lowest BCUT2D eigenvalue weighted by Crippen LogP contribution is -2.40. The molecule has 0 bridgehead atoms. The molecule has 0 radical (unpaired) electrons. The number of carbonyl (C=O) groups excluding carboxylic acids is 1. The molecular weight excluding hydrogens is 470 g/mol. The maximum atomic E-state index is 12.6. The number of carbonyl (C=O) groups is 1. The van der Waals surface area contributed by atoms with Crippen LogP contribution in [0.4, 0.5) is 5.69 Å². The number of likely N-dealkylation sites (tertiary alicyclic amines) is 1. The predicted molar refractivity (Wildman–Crippen MR) is 112 cm³/mol. The normalized spacial score (nSPS) is 18.1. The number of benzene rings is 2. The Bertz CT molecular complexity index is 752. The average molecular weight is 489 g/mol. The lowest BCUT2D eigenvalue weighted by Gasteiger charge is -2.32. The minimum absolute atomic E-state index is 0.0100. The molecule has 3 rings (SSSR count). The summed E-state index contributed by atoms with van der Waals surface area (Å²) in [4.78, 5) is 14.9. The van der Waals surface area contributed by atoms with Crippen molar-refractivity contribution in [2.24, 2.45) is 5.92 Å². The van der Waals surface area contributed by atoms with Crippen LogP contribution in [0.15, 0.2) is 42.5 Å². The summed E-state index contributed by atoms with van der Waals surface area (Å²) in [7, 11) is 0. The van der Waals surface area contributed by atoms with Gasteiger partial charge in [-0.15, -0.1) is 0 Å². The number of nitrogens with one attached hydrogen (secondary N) is 1. The lowest BCUT2D eigenvalue weighted by atomic mass is 9.96. The Hall–Kier alpha value is -0.820. The Balaban J connectivity index is 1.59. The maximum absolute atomic E-state index is 12.6. The first-order valence-corrected chi connectivity index (χ1v) is 10.1. The smallest absolute Gasteiger partial charge is 0.228 e. The molecule has 1 heterocycles. The van der Waals surface area contributed by atoms with Crippen molar-refractivity contribution < 1.29 is 4.79 Å². The molecule has 1 N–H and O–H groups in total. The number of halogens is 3. The highest BCUT2D eigenvalue weighted by Gasteiger charge is 2.26. The number of amides is 1. The molecule has 0 aliphatic carbocycles. The van der Waals surface area contributed by atoms with Crippen molar-refractivity contribution in [3.8, 4) is 0 Å². The van der Waals surface area contributed by atoms with Crippen LogP contribution >= 0.6 is 45.8 Å². The van der Waals surface area contributed by atoms with Crippen molar-refractivity contribution in [2.75, 3.05) is 18.4 Å². The van der Waals surface area contributed by atoms with Gasteiger partial charge in [0, 0.05) is 22.3 Å². The van der Waals surface area contributed by atoms with Gasteiger partial charge in [-0.1, -0.05) is 29.3 Å². The van der Waals surface area contributed by atoms with Crippen molar-refractivity contribution in [3.63, 3.8) is 0 Å². The second-order valence-electron chi connectivity index (χ2n) is 6.32. The first-order valence-electron chi connectivity index (χ1n) is 8.24. The second kappa shape index (κ2) is 8.71. The fourth-order valence-corrected chi connectivity index (χ4v) is 3.77. The van der Waals surface area contributed by atoms with Crippen LogP contribution in [0.5, 0.6) is 0 Å². The van der Waals surface area contributed by atoms with Gasteiger partial charge in [0.25, 0.3) is 0 Å². The summed E-state index contributed by atoms with van der Waals surface area (Å²) >= 11 is 14.3. The quantitative estimate of drug-likeness (QED) is 0.580. The maximum Gasteiger partial charge on any atom is 0.228 e. The summed E-state index contributed by atoms with van der Waals surface area (Å²) in [5, 5.41) is 4.17. The van der Waals surface area contributed by atoms with Crippen LogP contribution in [0.1, 0.15) is 18.4 Å². The van der Waals surface area contributed by atoms with E-state index < -0.39 is 0 Å². The van der Waals surface area contributed by atoms with Gasteiger partial charge >= 0.3 is 0 Å². The van der Waals surface area contributed by atoms with Crippen LogP contribution in [0, 0.1) is 9.49 Å². The van der Waals surface area contributed by atoms with Gasteiger partial charge in [0.1, 0.15) is 0 Å². The molecule has 1 saturated heterocycles. The molecule has 1 atom stereocenters. The van der Waals surface area contributed by atoms with E-state index in [-0.39, 0.29) is 11.8 Å². The topological polar surface area (TPSA) is 32.3 Å². The van der Waals surface area contributed by atoms with Crippen molar-refractivity contribution >= 4 is 57.4 Å². The second-order valence-corrected chi connectivity index (χ2v) is 8.38. The van der Waals surface area contributed by atoms with E-state index >= 15 is 0 Å². The summed E-state index contributed by atoms with van der Waals surface area (Å²) in [6.45, 7) is 2.54. The van der Waals surface area contributed by atoms with Gasteiger partial charge in [0.15, 0.2) is 0 Å². The molecule has 1 aliphatic heterocycles. The third-order valence-corrected chi connectivity index (χ3v) is 5.84. The van der Waals surface area contributed by atoms with Crippen molar-refractivity contribution in [1.29, 1.82) is 0 Å². The summed E-state index contributed by atoms with van der Waals surface area (Å²) in [6, 6.07) is 13.6. The number of nitrogens with zero attached hydrogens (tertiary/aromatic N) is 1. The molecular formula is C19H19Cl2IN2O. The third kappa shape index (κ3) is 5.33. The van der Waals surface area contributed by atoms with Gasteiger partial charge < -0.3 is 5.32 Å². The zero-order chi connectivity index (χ0) is 17.8. The number of rotatable bonds is 4. The zero-order valence-electron chi connectivity index (χ0n) is 13.6. The van der Waals surface area contributed by atoms with Gasteiger partial charge in [-0.3, -0.25) is 9.69 Å². The molecule has 132 valence electrons. The van der Waals surface area contributed by atoms with Crippen molar-refractivity contribution in [1.82, 2.24) is 4.90 Å². The number of piperidine rings is 1. The first-order chi connectivity index (χ1) is 12.0. The van der Waals surface area contributed by atoms with Gasteiger partial charge in [0.05, 0.1) is 16.0 Å².